The van der Waals surface area contributed by atoms with Crippen LogP contribution in [0.4, 0.5) is 10.8 Å². The average Bonchev–Trinajstić information content (AvgIpc) is 3.30. The highest BCUT2D eigenvalue weighted by molar-refractivity contribution is 8.00. The first-order chi connectivity index (χ1) is 16.8. The Bertz CT molecular complexity index is 1410. The third kappa shape index (κ3) is 6.40. The predicted molar refractivity (Wildman–Crippen MR) is 142 cm³/mol. The van der Waals surface area contributed by atoms with Crippen molar-refractivity contribution in [3.63, 3.8) is 0 Å². The quantitative estimate of drug-likeness (QED) is 0.217. The van der Waals surface area contributed by atoms with E-state index in [9.17, 15) is 13.2 Å². The van der Waals surface area contributed by atoms with E-state index in [-0.39, 0.29) is 4.90 Å². The Balaban J connectivity index is 1.51. The molecule has 4 aromatic rings. The zero-order chi connectivity index (χ0) is 24.8. The van der Waals surface area contributed by atoms with E-state index in [4.69, 9.17) is 11.6 Å². The van der Waals surface area contributed by atoms with Crippen molar-refractivity contribution < 1.29 is 13.2 Å². The van der Waals surface area contributed by atoms with Gasteiger partial charge in [0, 0.05) is 10.8 Å². The number of halogens is 1. The molecule has 1 aromatic heterocycles. The number of rotatable bonds is 9. The molecule has 180 valence electrons. The predicted octanol–water partition coefficient (Wildman–Crippen LogP) is 5.63. The molecule has 0 fully saturated rings. The van der Waals surface area contributed by atoms with Crippen LogP contribution in [-0.4, -0.2) is 31.1 Å². The van der Waals surface area contributed by atoms with Crippen molar-refractivity contribution in [2.45, 2.75) is 21.9 Å². The third-order valence-electron chi connectivity index (χ3n) is 4.93. The van der Waals surface area contributed by atoms with Crippen molar-refractivity contribution in [2.24, 2.45) is 0 Å². The van der Waals surface area contributed by atoms with Crippen LogP contribution in [0, 0.1) is 6.92 Å². The maximum Gasteiger partial charge on any atom is 0.264 e. The number of carbonyl (C=O) groups is 1. The van der Waals surface area contributed by atoms with Crippen LogP contribution in [0.25, 0.3) is 0 Å². The van der Waals surface area contributed by atoms with Gasteiger partial charge in [-0.15, -0.1) is 10.2 Å². The number of nitrogens with one attached hydrogen (secondary N) is 1. The Kier molecular flexibility index (Phi) is 8.07. The second-order valence-electron chi connectivity index (χ2n) is 7.45. The molecule has 7 nitrogen and oxygen atoms in total. The monoisotopic (exact) mass is 544 g/mol. The molecule has 0 aliphatic heterocycles. The van der Waals surface area contributed by atoms with Gasteiger partial charge in [-0.3, -0.25) is 14.4 Å². The number of sulfonamides is 1. The van der Waals surface area contributed by atoms with Gasteiger partial charge < -0.3 is 0 Å². The highest BCUT2D eigenvalue weighted by atomic mass is 35.5. The lowest BCUT2D eigenvalue weighted by Crippen LogP contribution is -2.38. The van der Waals surface area contributed by atoms with Gasteiger partial charge >= 0.3 is 0 Å². The Hall–Kier alpha value is -2.92. The lowest BCUT2D eigenvalue weighted by atomic mass is 10.2. The fourth-order valence-corrected chi connectivity index (χ4v) is 6.54. The molecular weight excluding hydrogens is 524 g/mol. The summed E-state index contributed by atoms with van der Waals surface area (Å²) in [6, 6.07) is 22.8. The van der Waals surface area contributed by atoms with Gasteiger partial charge in [0.15, 0.2) is 4.34 Å². The number of para-hydroxylation sites is 1. The summed E-state index contributed by atoms with van der Waals surface area (Å²) in [6.45, 7) is 1.36. The van der Waals surface area contributed by atoms with Crippen molar-refractivity contribution in [1.82, 2.24) is 10.2 Å². The number of aryl methyl sites for hydroxylation is 1. The number of amides is 1. The Morgan fingerprint density at radius 3 is 2.40 bits per heavy atom. The van der Waals surface area contributed by atoms with Crippen LogP contribution in [0.5, 0.6) is 0 Å². The summed E-state index contributed by atoms with van der Waals surface area (Å²) in [5, 5.41) is 11.5. The summed E-state index contributed by atoms with van der Waals surface area (Å²) >= 11 is 8.68. The molecule has 0 aliphatic carbocycles. The number of anilines is 2. The number of thioether (sulfide) groups is 1. The molecule has 3 aromatic carbocycles. The molecule has 11 heteroatoms. The fourth-order valence-electron chi connectivity index (χ4n) is 3.20. The zero-order valence-electron chi connectivity index (χ0n) is 18.6. The molecule has 0 saturated heterocycles. The summed E-state index contributed by atoms with van der Waals surface area (Å²) in [6.07, 6.45) is 0. The van der Waals surface area contributed by atoms with Crippen molar-refractivity contribution in [2.75, 3.05) is 16.2 Å². The number of hydrogen-bond acceptors (Lipinski definition) is 7. The van der Waals surface area contributed by atoms with E-state index < -0.39 is 22.5 Å². The lowest BCUT2D eigenvalue weighted by molar-refractivity contribution is -0.114. The molecular formula is C24H21ClN4O3S3. The number of carbonyl (C=O) groups excluding carboxylic acids is 1. The minimum atomic E-state index is -4.04. The van der Waals surface area contributed by atoms with Crippen LogP contribution in [0.1, 0.15) is 11.1 Å². The standard InChI is InChI=1S/C24H21ClN4O3S3/c1-17-7-5-6-10-21(17)29(35(31,32)20-13-11-19(25)12-14-20)15-22(30)26-23-27-28-24(34-23)33-16-18-8-3-2-4-9-18/h2-14H,15-16H2,1H3,(H,26,27,30). The number of nitrogens with zero attached hydrogens (tertiary/aromatic N) is 3. The number of hydrogen-bond donors (Lipinski definition) is 1. The van der Waals surface area contributed by atoms with Gasteiger partial charge in [0.2, 0.25) is 11.0 Å². The van der Waals surface area contributed by atoms with Crippen molar-refractivity contribution in [3.8, 4) is 0 Å². The van der Waals surface area contributed by atoms with Crippen LogP contribution >= 0.6 is 34.7 Å². The van der Waals surface area contributed by atoms with E-state index in [0.717, 1.165) is 15.6 Å². The largest absolute Gasteiger partial charge is 0.299 e. The first-order valence-corrected chi connectivity index (χ1v) is 14.1. The fraction of sp³-hybridized carbons (Fsp3) is 0.125. The molecule has 35 heavy (non-hydrogen) atoms. The Labute approximate surface area is 217 Å². The highest BCUT2D eigenvalue weighted by Gasteiger charge is 2.28. The first-order valence-electron chi connectivity index (χ1n) is 10.5. The summed E-state index contributed by atoms with van der Waals surface area (Å²) in [5.74, 6) is 0.200. The van der Waals surface area contributed by atoms with Crippen LogP contribution in [0.2, 0.25) is 5.02 Å². The van der Waals surface area contributed by atoms with E-state index in [1.165, 1.54) is 47.4 Å². The van der Waals surface area contributed by atoms with Crippen LogP contribution in [-0.2, 0) is 20.6 Å². The SMILES string of the molecule is Cc1ccccc1N(CC(=O)Nc1nnc(SCc2ccccc2)s1)S(=O)(=O)c1ccc(Cl)cc1. The molecule has 0 bridgehead atoms. The van der Waals surface area contributed by atoms with Gasteiger partial charge in [0.05, 0.1) is 10.6 Å². The molecule has 0 unspecified atom stereocenters. The smallest absolute Gasteiger partial charge is 0.264 e. The van der Waals surface area contributed by atoms with Gasteiger partial charge in [0.1, 0.15) is 6.54 Å². The molecule has 1 N–H and O–H groups in total. The van der Waals surface area contributed by atoms with Crippen LogP contribution in [0.3, 0.4) is 0 Å². The summed E-state index contributed by atoms with van der Waals surface area (Å²) in [4.78, 5) is 13.0. The van der Waals surface area contributed by atoms with E-state index in [0.29, 0.717) is 25.7 Å². The maximum atomic E-state index is 13.5. The van der Waals surface area contributed by atoms with E-state index >= 15 is 0 Å². The van der Waals surface area contributed by atoms with Crippen molar-refractivity contribution in [3.05, 3.63) is 95.0 Å². The molecule has 0 atom stereocenters. The average molecular weight is 545 g/mol. The lowest BCUT2D eigenvalue weighted by Gasteiger charge is -2.25. The van der Waals surface area contributed by atoms with Crippen LogP contribution < -0.4 is 9.62 Å². The minimum absolute atomic E-state index is 0.0356. The minimum Gasteiger partial charge on any atom is -0.299 e. The second-order valence-corrected chi connectivity index (χ2v) is 11.9. The Morgan fingerprint density at radius 2 is 1.69 bits per heavy atom. The molecule has 1 amide bonds. The van der Waals surface area contributed by atoms with E-state index in [1.807, 2.05) is 36.4 Å². The summed E-state index contributed by atoms with van der Waals surface area (Å²) in [7, 11) is -4.04. The van der Waals surface area contributed by atoms with Crippen molar-refractivity contribution in [1.29, 1.82) is 0 Å². The third-order valence-corrected chi connectivity index (χ3v) is 9.00. The molecule has 1 heterocycles. The second kappa shape index (κ2) is 11.2. The zero-order valence-corrected chi connectivity index (χ0v) is 21.8. The van der Waals surface area contributed by atoms with Gasteiger partial charge in [0.25, 0.3) is 10.0 Å². The molecule has 0 saturated carbocycles. The van der Waals surface area contributed by atoms with Gasteiger partial charge in [-0.1, -0.05) is 83.2 Å². The van der Waals surface area contributed by atoms with E-state index in [2.05, 4.69) is 15.5 Å². The highest BCUT2D eigenvalue weighted by Crippen LogP contribution is 2.30. The topological polar surface area (TPSA) is 92.3 Å². The molecule has 0 radical (unpaired) electrons. The van der Waals surface area contributed by atoms with Gasteiger partial charge in [-0.2, -0.15) is 0 Å². The van der Waals surface area contributed by atoms with E-state index in [1.54, 1.807) is 25.1 Å². The molecule has 4 rings (SSSR count). The Morgan fingerprint density at radius 1 is 1.00 bits per heavy atom. The summed E-state index contributed by atoms with van der Waals surface area (Å²) in [5.41, 5.74) is 2.28. The molecule has 0 spiro atoms. The summed E-state index contributed by atoms with van der Waals surface area (Å²) < 4.78 is 28.8. The normalized spacial score (nSPS) is 11.3. The first kappa shape index (κ1) is 25.2. The van der Waals surface area contributed by atoms with Crippen LogP contribution in [0.15, 0.2) is 88.1 Å². The molecule has 0 aliphatic rings. The van der Waals surface area contributed by atoms with Gasteiger partial charge in [-0.25, -0.2) is 8.42 Å². The van der Waals surface area contributed by atoms with Crippen molar-refractivity contribution >= 4 is 61.4 Å². The van der Waals surface area contributed by atoms with Gasteiger partial charge in [-0.05, 0) is 48.4 Å². The number of benzene rings is 3. The maximum absolute atomic E-state index is 13.5. The number of aromatic nitrogens is 2.